The van der Waals surface area contributed by atoms with Crippen LogP contribution in [0.25, 0.3) is 22.2 Å². The molecular formula is C27H26N2O. The van der Waals surface area contributed by atoms with Gasteiger partial charge in [0.25, 0.3) is 5.91 Å². The van der Waals surface area contributed by atoms with E-state index >= 15 is 0 Å². The molecule has 0 aliphatic carbocycles. The zero-order chi connectivity index (χ0) is 21.1. The van der Waals surface area contributed by atoms with Crippen molar-refractivity contribution in [3.63, 3.8) is 0 Å². The number of rotatable bonds is 5. The van der Waals surface area contributed by atoms with Gasteiger partial charge in [-0.15, -0.1) is 0 Å². The van der Waals surface area contributed by atoms with Crippen molar-refractivity contribution in [1.82, 2.24) is 10.3 Å². The van der Waals surface area contributed by atoms with E-state index in [4.69, 9.17) is 4.98 Å². The van der Waals surface area contributed by atoms with Gasteiger partial charge in [-0.05, 0) is 44.0 Å². The minimum atomic E-state index is -0.0741. The van der Waals surface area contributed by atoms with Gasteiger partial charge in [0, 0.05) is 10.9 Å². The van der Waals surface area contributed by atoms with Crippen LogP contribution in [0.3, 0.4) is 0 Å². The van der Waals surface area contributed by atoms with Gasteiger partial charge in [0.1, 0.15) is 0 Å². The Bertz CT molecular complexity index is 1200. The van der Waals surface area contributed by atoms with E-state index in [1.165, 1.54) is 11.1 Å². The molecule has 0 radical (unpaired) electrons. The summed E-state index contributed by atoms with van der Waals surface area (Å²) in [6.45, 7) is 6.22. The third-order valence-corrected chi connectivity index (χ3v) is 5.47. The number of para-hydroxylation sites is 1. The van der Waals surface area contributed by atoms with E-state index in [0.717, 1.165) is 34.1 Å². The number of hydrogen-bond donors (Lipinski definition) is 1. The Kier molecular flexibility index (Phi) is 5.62. The van der Waals surface area contributed by atoms with Crippen LogP contribution in [0.1, 0.15) is 46.4 Å². The molecule has 0 fully saturated rings. The SMILES string of the molecule is CC[C@@H](NC(=O)c1cc(-c2cccc(C)c2)nc2ccccc12)c1ccc(C)cc1. The van der Waals surface area contributed by atoms with Gasteiger partial charge in [-0.25, -0.2) is 4.98 Å². The van der Waals surface area contributed by atoms with Crippen LogP contribution < -0.4 is 5.32 Å². The van der Waals surface area contributed by atoms with Crippen LogP contribution in [0.2, 0.25) is 0 Å². The fourth-order valence-corrected chi connectivity index (χ4v) is 3.77. The molecule has 1 heterocycles. The minimum absolute atomic E-state index is 0.0348. The summed E-state index contributed by atoms with van der Waals surface area (Å²) in [6.07, 6.45) is 0.822. The molecule has 0 unspecified atom stereocenters. The van der Waals surface area contributed by atoms with Crippen LogP contribution in [-0.2, 0) is 0 Å². The number of carbonyl (C=O) groups excluding carboxylic acids is 1. The Morgan fingerprint density at radius 2 is 1.67 bits per heavy atom. The minimum Gasteiger partial charge on any atom is -0.345 e. The standard InChI is InChI=1S/C27H26N2O/c1-4-24(20-14-12-18(2)13-15-20)29-27(30)23-17-26(21-9-7-8-19(3)16-21)28-25-11-6-5-10-22(23)25/h5-17,24H,4H2,1-3H3,(H,29,30)/t24-/m1/s1. The van der Waals surface area contributed by atoms with Crippen molar-refractivity contribution < 1.29 is 4.79 Å². The van der Waals surface area contributed by atoms with Gasteiger partial charge in [0.15, 0.2) is 0 Å². The second-order valence-electron chi connectivity index (χ2n) is 7.79. The number of hydrogen-bond acceptors (Lipinski definition) is 2. The first-order chi connectivity index (χ1) is 14.5. The van der Waals surface area contributed by atoms with Gasteiger partial charge in [0.05, 0.1) is 22.8 Å². The number of amides is 1. The summed E-state index contributed by atoms with van der Waals surface area (Å²) in [6, 6.07) is 26.3. The molecule has 3 heteroatoms. The molecule has 0 spiro atoms. The highest BCUT2D eigenvalue weighted by Crippen LogP contribution is 2.26. The summed E-state index contributed by atoms with van der Waals surface area (Å²) in [5, 5.41) is 4.10. The number of nitrogens with one attached hydrogen (secondary N) is 1. The highest BCUT2D eigenvalue weighted by molar-refractivity contribution is 6.07. The summed E-state index contributed by atoms with van der Waals surface area (Å²) < 4.78 is 0. The van der Waals surface area contributed by atoms with Gasteiger partial charge in [-0.1, -0.05) is 78.7 Å². The molecular weight excluding hydrogens is 368 g/mol. The quantitative estimate of drug-likeness (QED) is 0.425. The predicted octanol–water partition coefficient (Wildman–Crippen LogP) is 6.40. The van der Waals surface area contributed by atoms with E-state index in [1.54, 1.807) is 0 Å². The van der Waals surface area contributed by atoms with E-state index in [2.05, 4.69) is 62.5 Å². The molecule has 0 aliphatic rings. The molecule has 1 atom stereocenters. The lowest BCUT2D eigenvalue weighted by molar-refractivity contribution is 0.0937. The largest absolute Gasteiger partial charge is 0.345 e. The maximum Gasteiger partial charge on any atom is 0.252 e. The van der Waals surface area contributed by atoms with Gasteiger partial charge in [0.2, 0.25) is 0 Å². The second-order valence-corrected chi connectivity index (χ2v) is 7.79. The van der Waals surface area contributed by atoms with Crippen LogP contribution in [0.4, 0.5) is 0 Å². The molecule has 1 aromatic heterocycles. The van der Waals surface area contributed by atoms with Crippen molar-refractivity contribution in [2.75, 3.05) is 0 Å². The van der Waals surface area contributed by atoms with Crippen molar-refractivity contribution >= 4 is 16.8 Å². The monoisotopic (exact) mass is 394 g/mol. The highest BCUT2D eigenvalue weighted by Gasteiger charge is 2.18. The number of carbonyl (C=O) groups is 1. The van der Waals surface area contributed by atoms with Crippen molar-refractivity contribution in [3.05, 3.63) is 101 Å². The Hall–Kier alpha value is -3.46. The highest BCUT2D eigenvalue weighted by atomic mass is 16.1. The molecule has 0 aliphatic heterocycles. The molecule has 30 heavy (non-hydrogen) atoms. The number of benzene rings is 3. The topological polar surface area (TPSA) is 42.0 Å². The van der Waals surface area contributed by atoms with E-state index in [0.29, 0.717) is 5.56 Å². The Morgan fingerprint density at radius 1 is 0.900 bits per heavy atom. The van der Waals surface area contributed by atoms with Gasteiger partial charge in [-0.2, -0.15) is 0 Å². The van der Waals surface area contributed by atoms with Crippen LogP contribution >= 0.6 is 0 Å². The third kappa shape index (κ3) is 4.11. The first kappa shape index (κ1) is 19.8. The van der Waals surface area contributed by atoms with Gasteiger partial charge >= 0.3 is 0 Å². The summed E-state index contributed by atoms with van der Waals surface area (Å²) in [5.74, 6) is -0.0741. The Morgan fingerprint density at radius 3 is 2.40 bits per heavy atom. The molecule has 1 N–H and O–H groups in total. The zero-order valence-electron chi connectivity index (χ0n) is 17.6. The maximum atomic E-state index is 13.4. The lowest BCUT2D eigenvalue weighted by atomic mass is 10.00. The molecule has 4 rings (SSSR count). The van der Waals surface area contributed by atoms with Crippen molar-refractivity contribution in [3.8, 4) is 11.3 Å². The first-order valence-electron chi connectivity index (χ1n) is 10.4. The summed E-state index contributed by atoms with van der Waals surface area (Å²) in [5.41, 5.74) is 6.80. The molecule has 150 valence electrons. The lowest BCUT2D eigenvalue weighted by Crippen LogP contribution is -2.28. The Labute approximate surface area is 177 Å². The Balaban J connectivity index is 1.74. The number of aromatic nitrogens is 1. The molecule has 0 bridgehead atoms. The number of fused-ring (bicyclic) bond motifs is 1. The zero-order valence-corrected chi connectivity index (χ0v) is 17.6. The first-order valence-corrected chi connectivity index (χ1v) is 10.4. The van der Waals surface area contributed by atoms with Crippen LogP contribution in [0.5, 0.6) is 0 Å². The summed E-state index contributed by atoms with van der Waals surface area (Å²) in [7, 11) is 0. The maximum absolute atomic E-state index is 13.4. The average Bonchev–Trinajstić information content (AvgIpc) is 2.77. The molecule has 3 aromatic carbocycles. The summed E-state index contributed by atoms with van der Waals surface area (Å²) in [4.78, 5) is 18.2. The van der Waals surface area contributed by atoms with E-state index < -0.39 is 0 Å². The van der Waals surface area contributed by atoms with Gasteiger partial charge in [-0.3, -0.25) is 4.79 Å². The average molecular weight is 395 g/mol. The number of pyridine rings is 1. The molecule has 4 aromatic rings. The molecule has 1 amide bonds. The lowest BCUT2D eigenvalue weighted by Gasteiger charge is -2.19. The fourth-order valence-electron chi connectivity index (χ4n) is 3.77. The predicted molar refractivity (Wildman–Crippen MR) is 124 cm³/mol. The molecule has 0 saturated carbocycles. The van der Waals surface area contributed by atoms with Crippen LogP contribution in [-0.4, -0.2) is 10.9 Å². The second kappa shape index (κ2) is 8.50. The van der Waals surface area contributed by atoms with Crippen molar-refractivity contribution in [2.45, 2.75) is 33.2 Å². The summed E-state index contributed by atoms with van der Waals surface area (Å²) >= 11 is 0. The third-order valence-electron chi connectivity index (χ3n) is 5.47. The number of nitrogens with zero attached hydrogens (tertiary/aromatic N) is 1. The normalized spacial score (nSPS) is 12.0. The van der Waals surface area contributed by atoms with E-state index in [1.807, 2.05) is 42.5 Å². The van der Waals surface area contributed by atoms with Crippen LogP contribution in [0.15, 0.2) is 78.9 Å². The molecule has 0 saturated heterocycles. The molecule has 3 nitrogen and oxygen atoms in total. The van der Waals surface area contributed by atoms with Crippen molar-refractivity contribution in [2.24, 2.45) is 0 Å². The van der Waals surface area contributed by atoms with Gasteiger partial charge < -0.3 is 5.32 Å². The van der Waals surface area contributed by atoms with Crippen LogP contribution in [0, 0.1) is 13.8 Å². The smallest absolute Gasteiger partial charge is 0.252 e. The van der Waals surface area contributed by atoms with Crippen molar-refractivity contribution in [1.29, 1.82) is 0 Å². The fraction of sp³-hybridized carbons (Fsp3) is 0.185. The van der Waals surface area contributed by atoms with E-state index in [9.17, 15) is 4.79 Å². The van der Waals surface area contributed by atoms with E-state index in [-0.39, 0.29) is 11.9 Å². The number of aryl methyl sites for hydroxylation is 2.